The van der Waals surface area contributed by atoms with E-state index in [1.165, 1.54) is 0 Å². The molecule has 0 atom stereocenters. The fraction of sp³-hybridized carbons (Fsp3) is 0.833. The Morgan fingerprint density at radius 3 is 2.90 bits per heavy atom. The average molecular weight is 146 g/mol. The van der Waals surface area contributed by atoms with E-state index in [0.29, 0.717) is 26.2 Å². The summed E-state index contributed by atoms with van der Waals surface area (Å²) in [6.45, 7) is 3.18. The Labute approximate surface area is 60.7 Å². The second-order valence-corrected chi connectivity index (χ2v) is 1.86. The zero-order valence-corrected chi connectivity index (χ0v) is 6.01. The summed E-state index contributed by atoms with van der Waals surface area (Å²) in [5.74, 6) is 0. The monoisotopic (exact) mass is 146 g/mol. The summed E-state index contributed by atoms with van der Waals surface area (Å²) in [7, 11) is 0. The lowest BCUT2D eigenvalue weighted by atomic mass is 10.4. The summed E-state index contributed by atoms with van der Waals surface area (Å²) in [6.07, 6.45) is 0.959. The molecule has 0 heterocycles. The van der Waals surface area contributed by atoms with Gasteiger partial charge in [-0.05, 0) is 19.5 Å². The van der Waals surface area contributed by atoms with Crippen molar-refractivity contribution in [2.75, 3.05) is 26.2 Å². The first-order valence-corrected chi connectivity index (χ1v) is 3.38. The summed E-state index contributed by atoms with van der Waals surface area (Å²) in [5, 5.41) is 3.06. The van der Waals surface area contributed by atoms with Crippen LogP contribution in [0.5, 0.6) is 0 Å². The number of rotatable bonds is 7. The molecule has 4 nitrogen and oxygen atoms in total. The maximum Gasteiger partial charge on any atom is 0.293 e. The van der Waals surface area contributed by atoms with Crippen molar-refractivity contribution >= 4 is 6.47 Å². The van der Waals surface area contributed by atoms with Crippen molar-refractivity contribution in [2.24, 2.45) is 5.73 Å². The number of nitrogens with one attached hydrogen (secondary N) is 1. The highest BCUT2D eigenvalue weighted by molar-refractivity contribution is 5.36. The molecule has 0 unspecified atom stereocenters. The van der Waals surface area contributed by atoms with Crippen molar-refractivity contribution in [2.45, 2.75) is 6.42 Å². The van der Waals surface area contributed by atoms with Gasteiger partial charge in [0.15, 0.2) is 0 Å². The van der Waals surface area contributed by atoms with Gasteiger partial charge < -0.3 is 15.8 Å². The van der Waals surface area contributed by atoms with Gasteiger partial charge in [-0.3, -0.25) is 4.79 Å². The fourth-order valence-corrected chi connectivity index (χ4v) is 0.531. The van der Waals surface area contributed by atoms with E-state index in [1.807, 2.05) is 0 Å². The SMILES string of the molecule is NCCCNCCOC=O. The van der Waals surface area contributed by atoms with Gasteiger partial charge in [0.1, 0.15) is 6.61 Å². The molecule has 3 N–H and O–H groups in total. The molecular formula is C6H14N2O2. The molecule has 0 aromatic carbocycles. The molecule has 0 aliphatic carbocycles. The Kier molecular flexibility index (Phi) is 7.88. The summed E-state index contributed by atoms with van der Waals surface area (Å²) in [6, 6.07) is 0. The maximum atomic E-state index is 9.62. The third-order valence-corrected chi connectivity index (χ3v) is 1.02. The van der Waals surface area contributed by atoms with Crippen LogP contribution in [0.25, 0.3) is 0 Å². The van der Waals surface area contributed by atoms with Crippen LogP contribution < -0.4 is 11.1 Å². The molecule has 0 rings (SSSR count). The molecule has 0 radical (unpaired) electrons. The lowest BCUT2D eigenvalue weighted by Crippen LogP contribution is -2.22. The highest BCUT2D eigenvalue weighted by atomic mass is 16.5. The van der Waals surface area contributed by atoms with E-state index in [2.05, 4.69) is 10.1 Å². The van der Waals surface area contributed by atoms with Crippen LogP contribution in [0, 0.1) is 0 Å². The van der Waals surface area contributed by atoms with E-state index in [0.717, 1.165) is 13.0 Å². The predicted molar refractivity (Wildman–Crippen MR) is 38.6 cm³/mol. The Hall–Kier alpha value is -0.610. The van der Waals surface area contributed by atoms with Crippen LogP contribution in [0.15, 0.2) is 0 Å². The van der Waals surface area contributed by atoms with Gasteiger partial charge in [-0.15, -0.1) is 0 Å². The van der Waals surface area contributed by atoms with Crippen molar-refractivity contribution in [3.05, 3.63) is 0 Å². The topological polar surface area (TPSA) is 64.3 Å². The average Bonchev–Trinajstić information content (AvgIpc) is 1.97. The van der Waals surface area contributed by atoms with Crippen molar-refractivity contribution in [1.82, 2.24) is 5.32 Å². The molecule has 0 saturated heterocycles. The molecule has 0 spiro atoms. The van der Waals surface area contributed by atoms with Gasteiger partial charge in [0.25, 0.3) is 6.47 Å². The van der Waals surface area contributed by atoms with Crippen molar-refractivity contribution in [1.29, 1.82) is 0 Å². The molecule has 0 aliphatic rings. The maximum absolute atomic E-state index is 9.62. The molecule has 0 bridgehead atoms. The molecular weight excluding hydrogens is 132 g/mol. The fourth-order valence-electron chi connectivity index (χ4n) is 0.531. The summed E-state index contributed by atoms with van der Waals surface area (Å²) >= 11 is 0. The molecule has 0 aromatic rings. The highest BCUT2D eigenvalue weighted by Crippen LogP contribution is 1.69. The van der Waals surface area contributed by atoms with E-state index < -0.39 is 0 Å². The van der Waals surface area contributed by atoms with Crippen LogP contribution in [0.4, 0.5) is 0 Å². The molecule has 0 aliphatic heterocycles. The number of carbonyl (C=O) groups is 1. The largest absolute Gasteiger partial charge is 0.467 e. The number of ether oxygens (including phenoxy) is 1. The van der Waals surface area contributed by atoms with Gasteiger partial charge in [0.2, 0.25) is 0 Å². The lowest BCUT2D eigenvalue weighted by Gasteiger charge is -2.00. The molecule has 10 heavy (non-hydrogen) atoms. The number of nitrogens with two attached hydrogens (primary N) is 1. The zero-order valence-electron chi connectivity index (χ0n) is 6.01. The third kappa shape index (κ3) is 7.39. The van der Waals surface area contributed by atoms with Crippen LogP contribution in [-0.2, 0) is 9.53 Å². The van der Waals surface area contributed by atoms with E-state index in [9.17, 15) is 4.79 Å². The molecule has 60 valence electrons. The first kappa shape index (κ1) is 9.39. The first-order valence-electron chi connectivity index (χ1n) is 3.38. The quantitative estimate of drug-likeness (QED) is 0.361. The van der Waals surface area contributed by atoms with Gasteiger partial charge >= 0.3 is 0 Å². The third-order valence-electron chi connectivity index (χ3n) is 1.02. The minimum atomic E-state index is 0.439. The van der Waals surface area contributed by atoms with Crippen molar-refractivity contribution < 1.29 is 9.53 Å². The first-order chi connectivity index (χ1) is 4.91. The van der Waals surface area contributed by atoms with Crippen molar-refractivity contribution in [3.8, 4) is 0 Å². The second kappa shape index (κ2) is 8.39. The van der Waals surface area contributed by atoms with Crippen LogP contribution in [0.2, 0.25) is 0 Å². The summed E-state index contributed by atoms with van der Waals surface area (Å²) in [4.78, 5) is 9.62. The number of carbonyl (C=O) groups excluding carboxylic acids is 1. The van der Waals surface area contributed by atoms with Gasteiger partial charge in [0.05, 0.1) is 0 Å². The van der Waals surface area contributed by atoms with E-state index in [4.69, 9.17) is 5.73 Å². The van der Waals surface area contributed by atoms with E-state index in [1.54, 1.807) is 0 Å². The standard InChI is InChI=1S/C6H14N2O2/c7-2-1-3-8-4-5-10-6-9/h6,8H,1-5,7H2. The molecule has 0 saturated carbocycles. The normalized spacial score (nSPS) is 9.30. The van der Waals surface area contributed by atoms with E-state index >= 15 is 0 Å². The number of hydrogen-bond acceptors (Lipinski definition) is 4. The second-order valence-electron chi connectivity index (χ2n) is 1.86. The van der Waals surface area contributed by atoms with Crippen LogP contribution >= 0.6 is 0 Å². The van der Waals surface area contributed by atoms with Crippen LogP contribution in [0.1, 0.15) is 6.42 Å². The number of hydrogen-bond donors (Lipinski definition) is 2. The summed E-state index contributed by atoms with van der Waals surface area (Å²) < 4.78 is 4.44. The van der Waals surface area contributed by atoms with Crippen LogP contribution in [-0.4, -0.2) is 32.7 Å². The molecule has 0 aromatic heterocycles. The minimum absolute atomic E-state index is 0.439. The Morgan fingerprint density at radius 2 is 2.30 bits per heavy atom. The smallest absolute Gasteiger partial charge is 0.293 e. The van der Waals surface area contributed by atoms with Crippen LogP contribution in [0.3, 0.4) is 0 Å². The van der Waals surface area contributed by atoms with Gasteiger partial charge in [-0.1, -0.05) is 0 Å². The van der Waals surface area contributed by atoms with Gasteiger partial charge in [-0.25, -0.2) is 0 Å². The lowest BCUT2D eigenvalue weighted by molar-refractivity contribution is -0.128. The zero-order chi connectivity index (χ0) is 7.66. The Balaban J connectivity index is 2.70. The molecule has 0 fully saturated rings. The van der Waals surface area contributed by atoms with Crippen molar-refractivity contribution in [3.63, 3.8) is 0 Å². The minimum Gasteiger partial charge on any atom is -0.467 e. The highest BCUT2D eigenvalue weighted by Gasteiger charge is 1.85. The van der Waals surface area contributed by atoms with Gasteiger partial charge in [0, 0.05) is 6.54 Å². The predicted octanol–water partition coefficient (Wildman–Crippen LogP) is -0.902. The molecule has 0 amide bonds. The van der Waals surface area contributed by atoms with Gasteiger partial charge in [-0.2, -0.15) is 0 Å². The Bertz CT molecular complexity index is 78.1. The molecule has 4 heteroatoms. The summed E-state index contributed by atoms with van der Waals surface area (Å²) in [5.41, 5.74) is 5.24. The Morgan fingerprint density at radius 1 is 1.50 bits per heavy atom. The van der Waals surface area contributed by atoms with E-state index in [-0.39, 0.29) is 0 Å².